The van der Waals surface area contributed by atoms with E-state index in [4.69, 9.17) is 0 Å². The van der Waals surface area contributed by atoms with Crippen LogP contribution in [0.3, 0.4) is 0 Å². The van der Waals surface area contributed by atoms with Gasteiger partial charge < -0.3 is 10.6 Å². The van der Waals surface area contributed by atoms with Crippen LogP contribution < -0.4 is 10.6 Å². The number of hydrogen-bond donors (Lipinski definition) is 2. The van der Waals surface area contributed by atoms with Gasteiger partial charge in [0.25, 0.3) is 0 Å². The molecule has 0 aromatic heterocycles. The van der Waals surface area contributed by atoms with Gasteiger partial charge >= 0.3 is 6.18 Å². The van der Waals surface area contributed by atoms with Crippen molar-refractivity contribution in [3.05, 3.63) is 35.1 Å². The van der Waals surface area contributed by atoms with Crippen LogP contribution in [0.15, 0.2) is 23.2 Å². The molecule has 0 bridgehead atoms. The van der Waals surface area contributed by atoms with E-state index in [0.717, 1.165) is 18.4 Å². The largest absolute Gasteiger partial charge is 0.416 e. The zero-order chi connectivity index (χ0) is 19.1. The minimum Gasteiger partial charge on any atom is -0.357 e. The fourth-order valence-corrected chi connectivity index (χ4v) is 2.67. The quantitative estimate of drug-likeness (QED) is 0.328. The number of alkyl halides is 3. The van der Waals surface area contributed by atoms with Crippen LogP contribution >= 0.6 is 0 Å². The topological polar surface area (TPSA) is 70.6 Å². The Morgan fingerprint density at radius 2 is 1.92 bits per heavy atom. The van der Waals surface area contributed by atoms with Gasteiger partial charge in [0.05, 0.1) is 17.9 Å². The molecular weight excluding hydrogens is 362 g/mol. The average Bonchev–Trinajstić information content (AvgIpc) is 2.48. The average molecular weight is 383 g/mol. The Balaban J connectivity index is 2.81. The molecule has 0 unspecified atom stereocenters. The molecule has 0 aliphatic carbocycles. The van der Waals surface area contributed by atoms with Gasteiger partial charge in [0, 0.05) is 19.3 Å². The molecule has 0 radical (unpaired) electrons. The number of halogens is 4. The number of benzene rings is 1. The van der Waals surface area contributed by atoms with E-state index >= 15 is 0 Å². The molecular formula is C15H21F4N3O2S. The number of nitrogens with one attached hydrogen (secondary N) is 2. The molecule has 0 saturated carbocycles. The van der Waals surface area contributed by atoms with Crippen LogP contribution in [0.2, 0.25) is 0 Å². The van der Waals surface area contributed by atoms with Gasteiger partial charge in [0.1, 0.15) is 15.7 Å². The monoisotopic (exact) mass is 383 g/mol. The van der Waals surface area contributed by atoms with E-state index < -0.39 is 27.4 Å². The summed E-state index contributed by atoms with van der Waals surface area (Å²) in [5.74, 6) is -0.713. The molecule has 0 spiro atoms. The van der Waals surface area contributed by atoms with Crippen molar-refractivity contribution in [2.75, 3.05) is 25.1 Å². The Morgan fingerprint density at radius 1 is 1.24 bits per heavy atom. The summed E-state index contributed by atoms with van der Waals surface area (Å²) < 4.78 is 74.1. The maximum absolute atomic E-state index is 13.1. The summed E-state index contributed by atoms with van der Waals surface area (Å²) in [5, 5.41) is 5.71. The Labute approximate surface area is 144 Å². The van der Waals surface area contributed by atoms with Gasteiger partial charge in [0.2, 0.25) is 0 Å². The van der Waals surface area contributed by atoms with Crippen LogP contribution in [0.5, 0.6) is 0 Å². The molecule has 0 amide bonds. The highest BCUT2D eigenvalue weighted by Gasteiger charge is 2.33. The lowest BCUT2D eigenvalue weighted by Crippen LogP contribution is -2.38. The molecule has 0 aliphatic rings. The predicted octanol–water partition coefficient (Wildman–Crippen LogP) is 2.33. The molecule has 1 aromatic rings. The summed E-state index contributed by atoms with van der Waals surface area (Å²) in [6.45, 7) is 2.27. The van der Waals surface area contributed by atoms with Crippen LogP contribution in [-0.2, 0) is 22.6 Å². The van der Waals surface area contributed by atoms with Crippen LogP contribution in [0, 0.1) is 5.82 Å². The minimum absolute atomic E-state index is 0.00438. The molecule has 1 aromatic carbocycles. The number of aliphatic imine (C=N–C) groups is 1. The zero-order valence-corrected chi connectivity index (χ0v) is 14.8. The molecule has 25 heavy (non-hydrogen) atoms. The second-order valence-corrected chi connectivity index (χ2v) is 7.66. The van der Waals surface area contributed by atoms with Crippen molar-refractivity contribution in [3.8, 4) is 0 Å². The summed E-state index contributed by atoms with van der Waals surface area (Å²) in [7, 11) is -3.08. The molecule has 0 heterocycles. The molecule has 0 saturated heterocycles. The van der Waals surface area contributed by atoms with Gasteiger partial charge in [0.15, 0.2) is 5.96 Å². The van der Waals surface area contributed by atoms with E-state index in [0.29, 0.717) is 25.6 Å². The summed E-state index contributed by atoms with van der Waals surface area (Å²) in [6.07, 6.45) is -3.21. The van der Waals surface area contributed by atoms with Crippen molar-refractivity contribution in [3.63, 3.8) is 0 Å². The normalized spacial score (nSPS) is 13.0. The highest BCUT2D eigenvalue weighted by molar-refractivity contribution is 7.90. The van der Waals surface area contributed by atoms with Crippen molar-refractivity contribution in [1.82, 2.24) is 10.6 Å². The number of sulfone groups is 1. The Bertz CT molecular complexity index is 703. The number of nitrogens with zero attached hydrogens (tertiary/aromatic N) is 1. The van der Waals surface area contributed by atoms with E-state index in [1.54, 1.807) is 6.92 Å². The maximum Gasteiger partial charge on any atom is 0.416 e. The number of hydrogen-bond acceptors (Lipinski definition) is 3. The summed E-state index contributed by atoms with van der Waals surface area (Å²) in [4.78, 5) is 4.04. The summed E-state index contributed by atoms with van der Waals surface area (Å²) in [6, 6.07) is 2.44. The van der Waals surface area contributed by atoms with Gasteiger partial charge in [-0.2, -0.15) is 13.2 Å². The van der Waals surface area contributed by atoms with Gasteiger partial charge in [-0.25, -0.2) is 17.8 Å². The van der Waals surface area contributed by atoms with Gasteiger partial charge in [-0.3, -0.25) is 0 Å². The third-order valence-electron chi connectivity index (χ3n) is 3.11. The Hall–Kier alpha value is -1.84. The lowest BCUT2D eigenvalue weighted by atomic mass is 10.1. The van der Waals surface area contributed by atoms with E-state index in [1.807, 2.05) is 0 Å². The Kier molecular flexibility index (Phi) is 7.65. The molecule has 1 rings (SSSR count). The molecule has 2 N–H and O–H groups in total. The van der Waals surface area contributed by atoms with Crippen LogP contribution in [0.25, 0.3) is 0 Å². The molecule has 10 heteroatoms. The summed E-state index contributed by atoms with van der Waals surface area (Å²) in [5.41, 5.74) is -1.22. The van der Waals surface area contributed by atoms with Gasteiger partial charge in [-0.1, -0.05) is 6.07 Å². The standard InChI is InChI=1S/C15H21F4N3O2S/c1-3-20-14(21-7-4-8-25(2,23)24)22-10-11-5-6-12(16)9-13(11)15(17,18)19/h5-6,9H,3-4,7-8,10H2,1-2H3,(H2,20,21,22). The predicted molar refractivity (Wildman–Crippen MR) is 88.5 cm³/mol. The van der Waals surface area contributed by atoms with Crippen molar-refractivity contribution < 1.29 is 26.0 Å². The lowest BCUT2D eigenvalue weighted by molar-refractivity contribution is -0.138. The molecule has 0 fully saturated rings. The zero-order valence-electron chi connectivity index (χ0n) is 14.0. The van der Waals surface area contributed by atoms with Crippen molar-refractivity contribution in [1.29, 1.82) is 0 Å². The first kappa shape index (κ1) is 21.2. The summed E-state index contributed by atoms with van der Waals surface area (Å²) >= 11 is 0. The Morgan fingerprint density at radius 3 is 2.48 bits per heavy atom. The minimum atomic E-state index is -4.67. The molecule has 5 nitrogen and oxygen atoms in total. The molecule has 142 valence electrons. The fraction of sp³-hybridized carbons (Fsp3) is 0.533. The van der Waals surface area contributed by atoms with Gasteiger partial charge in [-0.05, 0) is 31.0 Å². The first-order chi connectivity index (χ1) is 11.5. The fourth-order valence-electron chi connectivity index (χ4n) is 2.00. The molecule has 0 atom stereocenters. The second-order valence-electron chi connectivity index (χ2n) is 5.40. The lowest BCUT2D eigenvalue weighted by Gasteiger charge is -2.14. The maximum atomic E-state index is 13.1. The highest BCUT2D eigenvalue weighted by Crippen LogP contribution is 2.32. The van der Waals surface area contributed by atoms with E-state index in [1.165, 1.54) is 0 Å². The van der Waals surface area contributed by atoms with E-state index in [2.05, 4.69) is 15.6 Å². The third kappa shape index (κ3) is 8.19. The number of rotatable bonds is 7. The van der Waals surface area contributed by atoms with Crippen molar-refractivity contribution in [2.24, 2.45) is 4.99 Å². The first-order valence-electron chi connectivity index (χ1n) is 7.58. The van der Waals surface area contributed by atoms with Crippen molar-refractivity contribution >= 4 is 15.8 Å². The van der Waals surface area contributed by atoms with Crippen molar-refractivity contribution in [2.45, 2.75) is 26.1 Å². The van der Waals surface area contributed by atoms with E-state index in [9.17, 15) is 26.0 Å². The molecule has 0 aliphatic heterocycles. The first-order valence-corrected chi connectivity index (χ1v) is 9.64. The van der Waals surface area contributed by atoms with Crippen LogP contribution in [-0.4, -0.2) is 39.5 Å². The highest BCUT2D eigenvalue weighted by atomic mass is 32.2. The van der Waals surface area contributed by atoms with Gasteiger partial charge in [-0.15, -0.1) is 0 Å². The smallest absolute Gasteiger partial charge is 0.357 e. The van der Waals surface area contributed by atoms with E-state index in [-0.39, 0.29) is 23.8 Å². The second kappa shape index (κ2) is 9.02. The SMILES string of the molecule is CCNC(=NCc1ccc(F)cc1C(F)(F)F)NCCCS(C)(=O)=O. The number of guanidine groups is 1. The third-order valence-corrected chi connectivity index (χ3v) is 4.14. The van der Waals surface area contributed by atoms with Crippen LogP contribution in [0.1, 0.15) is 24.5 Å². The van der Waals surface area contributed by atoms with Crippen LogP contribution in [0.4, 0.5) is 17.6 Å².